The molecule has 2 aromatic heterocycles. The van der Waals surface area contributed by atoms with Crippen LogP contribution in [-0.4, -0.2) is 15.0 Å². The lowest BCUT2D eigenvalue weighted by Crippen LogP contribution is -2.00. The Hall–Kier alpha value is -4.80. The van der Waals surface area contributed by atoms with Crippen LogP contribution in [0.4, 0.5) is 0 Å². The quantitative estimate of drug-likeness (QED) is 0.237. The smallest absolute Gasteiger partial charge is 0.165 e. The maximum Gasteiger partial charge on any atom is 0.165 e. The van der Waals surface area contributed by atoms with Crippen molar-refractivity contribution >= 4 is 33.5 Å². The zero-order chi connectivity index (χ0) is 25.5. The summed E-state index contributed by atoms with van der Waals surface area (Å²) in [6.07, 6.45) is 0. The molecule has 0 saturated carbocycles. The van der Waals surface area contributed by atoms with Crippen LogP contribution in [0.15, 0.2) is 126 Å². The summed E-state index contributed by atoms with van der Waals surface area (Å²) in [5.41, 5.74) is 6.35. The molecule has 0 radical (unpaired) electrons. The maximum atomic E-state index is 7.02. The van der Waals surface area contributed by atoms with Gasteiger partial charge in [-0.2, -0.15) is 0 Å². The van der Waals surface area contributed by atoms with Crippen LogP contribution in [0, 0.1) is 0 Å². The third-order valence-corrected chi connectivity index (χ3v) is 7.03. The molecular weight excluding hydrogens is 490 g/mol. The maximum absolute atomic E-state index is 7.02. The minimum Gasteiger partial charge on any atom is -0.456 e. The molecule has 180 valence electrons. The summed E-state index contributed by atoms with van der Waals surface area (Å²) in [5, 5.41) is 2.38. The molecule has 5 heteroatoms. The molecule has 7 aromatic rings. The second-order valence-electron chi connectivity index (χ2n) is 9.01. The largest absolute Gasteiger partial charge is 0.456 e. The fourth-order valence-electron chi connectivity index (χ4n) is 4.73. The number of hydrogen-bond acceptors (Lipinski definition) is 4. The van der Waals surface area contributed by atoms with Gasteiger partial charge in [0.25, 0.3) is 0 Å². The zero-order valence-corrected chi connectivity index (χ0v) is 20.9. The number of para-hydroxylation sites is 1. The van der Waals surface area contributed by atoms with Gasteiger partial charge >= 0.3 is 0 Å². The van der Waals surface area contributed by atoms with Crippen LogP contribution in [0.25, 0.3) is 67.2 Å². The highest BCUT2D eigenvalue weighted by atomic mass is 35.5. The van der Waals surface area contributed by atoms with E-state index in [0.717, 1.165) is 49.8 Å². The van der Waals surface area contributed by atoms with E-state index in [4.69, 9.17) is 31.0 Å². The van der Waals surface area contributed by atoms with E-state index in [-0.39, 0.29) is 0 Å². The van der Waals surface area contributed by atoms with Gasteiger partial charge in [0.05, 0.1) is 5.02 Å². The average molecular weight is 510 g/mol. The molecule has 0 atom stereocenters. The van der Waals surface area contributed by atoms with Crippen molar-refractivity contribution in [1.82, 2.24) is 15.0 Å². The number of nitrogens with zero attached hydrogens (tertiary/aromatic N) is 3. The fraction of sp³-hybridized carbons (Fsp3) is 0. The molecule has 38 heavy (non-hydrogen) atoms. The first-order chi connectivity index (χ1) is 18.7. The summed E-state index contributed by atoms with van der Waals surface area (Å²) in [5.74, 6) is 1.69. The van der Waals surface area contributed by atoms with E-state index in [1.807, 2.05) is 97.1 Å². The number of benzene rings is 5. The number of halogens is 1. The summed E-state index contributed by atoms with van der Waals surface area (Å²) in [6, 6.07) is 40.2. The lowest BCUT2D eigenvalue weighted by Gasteiger charge is -2.10. The first-order valence-electron chi connectivity index (χ1n) is 12.3. The molecule has 0 unspecified atom stereocenters. The first-order valence-corrected chi connectivity index (χ1v) is 12.7. The molecule has 0 aliphatic rings. The van der Waals surface area contributed by atoms with Crippen molar-refractivity contribution in [1.29, 1.82) is 0 Å². The molecule has 0 fully saturated rings. The summed E-state index contributed by atoms with van der Waals surface area (Å²) >= 11 is 7.02. The van der Waals surface area contributed by atoms with Crippen LogP contribution in [0.5, 0.6) is 0 Å². The van der Waals surface area contributed by atoms with Crippen LogP contribution in [-0.2, 0) is 0 Å². The normalized spacial score (nSPS) is 11.3. The standard InChI is InChI=1S/C33H20ClN3O/c34-30-26(19-20-28-29(30)25-13-7-8-14-27(25)38-28)33-36-31(23-11-5-2-6-12-23)35-32(37-33)24-17-15-22(16-18-24)21-9-3-1-4-10-21/h1-20H. The molecule has 7 rings (SSSR count). The molecule has 0 aliphatic carbocycles. The van der Waals surface area contributed by atoms with Crippen molar-refractivity contribution < 1.29 is 4.42 Å². The third-order valence-electron chi connectivity index (χ3n) is 6.64. The van der Waals surface area contributed by atoms with Crippen LogP contribution in [0.1, 0.15) is 0 Å². The highest BCUT2D eigenvalue weighted by molar-refractivity contribution is 6.40. The Kier molecular flexibility index (Phi) is 5.46. The van der Waals surface area contributed by atoms with E-state index in [1.165, 1.54) is 0 Å². The SMILES string of the molecule is Clc1c(-c2nc(-c3ccccc3)nc(-c3ccc(-c4ccccc4)cc3)n2)ccc2oc3ccccc3c12. The molecule has 5 aromatic carbocycles. The minimum absolute atomic E-state index is 0.512. The summed E-state index contributed by atoms with van der Waals surface area (Å²) in [4.78, 5) is 14.6. The van der Waals surface area contributed by atoms with E-state index in [0.29, 0.717) is 22.5 Å². The zero-order valence-electron chi connectivity index (χ0n) is 20.2. The van der Waals surface area contributed by atoms with Crippen LogP contribution < -0.4 is 0 Å². The lowest BCUT2D eigenvalue weighted by molar-refractivity contribution is 0.669. The van der Waals surface area contributed by atoms with Gasteiger partial charge in [-0.25, -0.2) is 15.0 Å². The Morgan fingerprint density at radius 1 is 0.447 bits per heavy atom. The van der Waals surface area contributed by atoms with Gasteiger partial charge in [0, 0.05) is 27.5 Å². The fourth-order valence-corrected chi connectivity index (χ4v) is 5.07. The van der Waals surface area contributed by atoms with Crippen molar-refractivity contribution in [2.24, 2.45) is 0 Å². The van der Waals surface area contributed by atoms with E-state index >= 15 is 0 Å². The van der Waals surface area contributed by atoms with Gasteiger partial charge in [-0.05, 0) is 29.3 Å². The van der Waals surface area contributed by atoms with E-state index in [1.54, 1.807) is 0 Å². The first kappa shape index (κ1) is 22.4. The molecule has 0 aliphatic heterocycles. The second-order valence-corrected chi connectivity index (χ2v) is 9.39. The Bertz CT molecular complexity index is 1910. The van der Waals surface area contributed by atoms with E-state index < -0.39 is 0 Å². The molecule has 4 nitrogen and oxygen atoms in total. The van der Waals surface area contributed by atoms with Gasteiger partial charge in [0.2, 0.25) is 0 Å². The summed E-state index contributed by atoms with van der Waals surface area (Å²) in [7, 11) is 0. The number of aromatic nitrogens is 3. The number of fused-ring (bicyclic) bond motifs is 3. The Morgan fingerprint density at radius 2 is 0.974 bits per heavy atom. The van der Waals surface area contributed by atoms with Crippen LogP contribution in [0.2, 0.25) is 5.02 Å². The van der Waals surface area contributed by atoms with Crippen molar-refractivity contribution in [3.05, 3.63) is 126 Å². The molecular formula is C33H20ClN3O. The Balaban J connectivity index is 1.40. The predicted molar refractivity (Wildman–Crippen MR) is 154 cm³/mol. The van der Waals surface area contributed by atoms with Gasteiger partial charge < -0.3 is 4.42 Å². The minimum atomic E-state index is 0.512. The molecule has 0 N–H and O–H groups in total. The summed E-state index contributed by atoms with van der Waals surface area (Å²) in [6.45, 7) is 0. The van der Waals surface area contributed by atoms with Crippen molar-refractivity contribution in [2.45, 2.75) is 0 Å². The second kappa shape index (κ2) is 9.25. The molecule has 2 heterocycles. The third kappa shape index (κ3) is 3.92. The van der Waals surface area contributed by atoms with Crippen LogP contribution in [0.3, 0.4) is 0 Å². The van der Waals surface area contributed by atoms with E-state index in [9.17, 15) is 0 Å². The molecule has 0 amide bonds. The topological polar surface area (TPSA) is 51.8 Å². The molecule has 0 spiro atoms. The van der Waals surface area contributed by atoms with E-state index in [2.05, 4.69) is 24.3 Å². The van der Waals surface area contributed by atoms with Crippen LogP contribution >= 0.6 is 11.6 Å². The Morgan fingerprint density at radius 3 is 1.68 bits per heavy atom. The summed E-state index contributed by atoms with van der Waals surface area (Å²) < 4.78 is 6.02. The van der Waals surface area contributed by atoms with Gasteiger partial charge in [-0.1, -0.05) is 115 Å². The monoisotopic (exact) mass is 509 g/mol. The highest BCUT2D eigenvalue weighted by Gasteiger charge is 2.18. The van der Waals surface area contributed by atoms with Gasteiger partial charge in [-0.15, -0.1) is 0 Å². The number of rotatable bonds is 4. The Labute approximate surface area is 224 Å². The molecule has 0 saturated heterocycles. The lowest BCUT2D eigenvalue weighted by atomic mass is 10.0. The van der Waals surface area contributed by atoms with Gasteiger partial charge in [0.1, 0.15) is 11.2 Å². The predicted octanol–water partition coefficient (Wildman–Crippen LogP) is 9.09. The van der Waals surface area contributed by atoms with Gasteiger partial charge in [0.15, 0.2) is 17.5 Å². The average Bonchev–Trinajstić information content (AvgIpc) is 3.38. The van der Waals surface area contributed by atoms with Crippen molar-refractivity contribution in [3.63, 3.8) is 0 Å². The van der Waals surface area contributed by atoms with Gasteiger partial charge in [-0.3, -0.25) is 0 Å². The number of furan rings is 1. The highest BCUT2D eigenvalue weighted by Crippen LogP contribution is 2.39. The van der Waals surface area contributed by atoms with Crippen molar-refractivity contribution in [3.8, 4) is 45.3 Å². The molecule has 0 bridgehead atoms. The number of hydrogen-bond donors (Lipinski definition) is 0. The van der Waals surface area contributed by atoms with Crippen molar-refractivity contribution in [2.75, 3.05) is 0 Å².